The zero-order chi connectivity index (χ0) is 12.9. The molecule has 0 heterocycles. The summed E-state index contributed by atoms with van der Waals surface area (Å²) >= 11 is 0. The molecule has 0 fully saturated rings. The van der Waals surface area contributed by atoms with E-state index in [1.807, 2.05) is 13.0 Å². The first-order chi connectivity index (χ1) is 7.24. The van der Waals surface area contributed by atoms with Crippen molar-refractivity contribution in [3.8, 4) is 6.07 Å². The summed E-state index contributed by atoms with van der Waals surface area (Å²) < 4.78 is 5.08. The number of ether oxygens (including phenoxy) is 1. The molecule has 0 aromatic rings. The molecular weight excluding hydrogens is 202 g/mol. The number of hydrogen-bond donors (Lipinski definition) is 0. The van der Waals surface area contributed by atoms with Crippen molar-refractivity contribution in [1.29, 1.82) is 5.26 Å². The molecule has 88 valence electrons. The van der Waals surface area contributed by atoms with Gasteiger partial charge in [0.15, 0.2) is 5.41 Å². The van der Waals surface area contributed by atoms with Gasteiger partial charge in [0.05, 0.1) is 12.2 Å². The Morgan fingerprint density at radius 3 is 2.31 bits per heavy atom. The summed E-state index contributed by atoms with van der Waals surface area (Å²) in [5.41, 5.74) is 0.216. The van der Waals surface area contributed by atoms with Crippen LogP contribution in [-0.2, 0) is 9.53 Å². The molecule has 0 aromatic carbocycles. The summed E-state index contributed by atoms with van der Waals surface area (Å²) in [5.74, 6) is -0.514. The second-order valence-electron chi connectivity index (χ2n) is 4.36. The summed E-state index contributed by atoms with van der Waals surface area (Å²) in [6, 6.07) is 2.00. The summed E-state index contributed by atoms with van der Waals surface area (Å²) in [6.45, 7) is 12.4. The third-order valence-electron chi connectivity index (χ3n) is 2.23. The Balaban J connectivity index is 5.15. The Labute approximate surface area is 97.4 Å². The topological polar surface area (TPSA) is 50.1 Å². The van der Waals surface area contributed by atoms with E-state index in [2.05, 4.69) is 6.58 Å². The summed E-state index contributed by atoms with van der Waals surface area (Å²) in [5, 5.41) is 9.13. The second kappa shape index (κ2) is 5.50. The number of carbonyl (C=O) groups is 1. The van der Waals surface area contributed by atoms with Crippen LogP contribution in [0.1, 0.15) is 34.6 Å². The van der Waals surface area contributed by atoms with Crippen LogP contribution in [0.15, 0.2) is 23.8 Å². The molecule has 0 aromatic heterocycles. The molecule has 0 spiro atoms. The Morgan fingerprint density at radius 1 is 1.50 bits per heavy atom. The van der Waals surface area contributed by atoms with Crippen molar-refractivity contribution in [3.63, 3.8) is 0 Å². The fourth-order valence-electron chi connectivity index (χ4n) is 1.14. The first-order valence-corrected chi connectivity index (χ1v) is 5.20. The van der Waals surface area contributed by atoms with E-state index in [-0.39, 0.29) is 6.10 Å². The molecule has 1 atom stereocenters. The number of nitriles is 1. The summed E-state index contributed by atoms with van der Waals surface area (Å²) in [7, 11) is 0. The highest BCUT2D eigenvalue weighted by molar-refractivity contribution is 5.83. The monoisotopic (exact) mass is 221 g/mol. The zero-order valence-corrected chi connectivity index (χ0v) is 10.6. The third-order valence-corrected chi connectivity index (χ3v) is 2.23. The van der Waals surface area contributed by atoms with Crippen LogP contribution in [0.4, 0.5) is 0 Å². The molecule has 3 nitrogen and oxygen atoms in total. The van der Waals surface area contributed by atoms with Gasteiger partial charge in [0, 0.05) is 0 Å². The van der Waals surface area contributed by atoms with Crippen molar-refractivity contribution < 1.29 is 9.53 Å². The zero-order valence-electron chi connectivity index (χ0n) is 10.6. The van der Waals surface area contributed by atoms with Crippen molar-refractivity contribution in [2.75, 3.05) is 0 Å². The van der Waals surface area contributed by atoms with Crippen molar-refractivity contribution in [2.45, 2.75) is 40.7 Å². The fraction of sp³-hybridized carbons (Fsp3) is 0.538. The SMILES string of the molecule is C=C(C)/C=C(\C)C(C)(C#N)C(=O)OC(C)C. The van der Waals surface area contributed by atoms with Crippen LogP contribution in [0.5, 0.6) is 0 Å². The molecule has 0 bridgehead atoms. The number of allylic oxidation sites excluding steroid dienone is 2. The molecule has 16 heavy (non-hydrogen) atoms. The number of rotatable bonds is 4. The lowest BCUT2D eigenvalue weighted by molar-refractivity contribution is -0.153. The highest BCUT2D eigenvalue weighted by Gasteiger charge is 2.37. The van der Waals surface area contributed by atoms with E-state index in [1.165, 1.54) is 0 Å². The normalized spacial score (nSPS) is 15.2. The minimum Gasteiger partial charge on any atom is -0.462 e. The van der Waals surface area contributed by atoms with E-state index >= 15 is 0 Å². The molecule has 0 rings (SSSR count). The molecule has 0 aliphatic carbocycles. The number of carbonyl (C=O) groups excluding carboxylic acids is 1. The molecular formula is C13H19NO2. The quantitative estimate of drug-likeness (QED) is 0.541. The maximum absolute atomic E-state index is 11.8. The molecule has 0 aliphatic heterocycles. The van der Waals surface area contributed by atoms with Crippen LogP contribution >= 0.6 is 0 Å². The molecule has 0 saturated heterocycles. The number of esters is 1. The van der Waals surface area contributed by atoms with Gasteiger partial charge >= 0.3 is 5.97 Å². The van der Waals surface area contributed by atoms with E-state index in [1.54, 1.807) is 33.8 Å². The third kappa shape index (κ3) is 3.54. The standard InChI is InChI=1S/C13H19NO2/c1-9(2)7-11(5)13(6,8-14)12(15)16-10(3)4/h7,10H,1H2,2-6H3/b11-7+. The summed E-state index contributed by atoms with van der Waals surface area (Å²) in [6.07, 6.45) is 1.50. The maximum Gasteiger partial charge on any atom is 0.330 e. The summed E-state index contributed by atoms with van der Waals surface area (Å²) in [4.78, 5) is 11.8. The number of hydrogen-bond acceptors (Lipinski definition) is 3. The average molecular weight is 221 g/mol. The van der Waals surface area contributed by atoms with Crippen LogP contribution in [0.3, 0.4) is 0 Å². The van der Waals surface area contributed by atoms with Crippen LogP contribution in [-0.4, -0.2) is 12.1 Å². The van der Waals surface area contributed by atoms with Gasteiger partial charge < -0.3 is 4.74 Å². The van der Waals surface area contributed by atoms with E-state index in [0.29, 0.717) is 5.57 Å². The lowest BCUT2D eigenvalue weighted by atomic mass is 9.83. The largest absolute Gasteiger partial charge is 0.462 e. The van der Waals surface area contributed by atoms with Crippen molar-refractivity contribution in [1.82, 2.24) is 0 Å². The Hall–Kier alpha value is -1.56. The Kier molecular flexibility index (Phi) is 4.97. The molecule has 1 unspecified atom stereocenters. The highest BCUT2D eigenvalue weighted by Crippen LogP contribution is 2.28. The van der Waals surface area contributed by atoms with Crippen molar-refractivity contribution in [2.24, 2.45) is 5.41 Å². The Morgan fingerprint density at radius 2 is 2.00 bits per heavy atom. The molecule has 0 amide bonds. The van der Waals surface area contributed by atoms with Crippen molar-refractivity contribution in [3.05, 3.63) is 23.8 Å². The van der Waals surface area contributed by atoms with Gasteiger partial charge in [-0.1, -0.05) is 18.2 Å². The van der Waals surface area contributed by atoms with Crippen LogP contribution in [0, 0.1) is 16.7 Å². The van der Waals surface area contributed by atoms with Gasteiger partial charge in [0.25, 0.3) is 0 Å². The van der Waals surface area contributed by atoms with E-state index in [9.17, 15) is 4.79 Å². The lowest BCUT2D eigenvalue weighted by Gasteiger charge is -2.22. The first-order valence-electron chi connectivity index (χ1n) is 5.20. The van der Waals surface area contributed by atoms with Crippen LogP contribution in [0.2, 0.25) is 0 Å². The second-order valence-corrected chi connectivity index (χ2v) is 4.36. The van der Waals surface area contributed by atoms with E-state index in [4.69, 9.17) is 10.00 Å². The van der Waals surface area contributed by atoms with Crippen LogP contribution < -0.4 is 0 Å². The smallest absolute Gasteiger partial charge is 0.330 e. The molecule has 0 aliphatic rings. The van der Waals surface area contributed by atoms with Gasteiger partial charge in [-0.3, -0.25) is 0 Å². The molecule has 0 saturated carbocycles. The fourth-order valence-corrected chi connectivity index (χ4v) is 1.14. The van der Waals surface area contributed by atoms with Gasteiger partial charge in [-0.05, 0) is 40.2 Å². The van der Waals surface area contributed by atoms with Gasteiger partial charge in [0.2, 0.25) is 0 Å². The Bertz CT molecular complexity index is 361. The minimum absolute atomic E-state index is 0.224. The van der Waals surface area contributed by atoms with E-state index in [0.717, 1.165) is 5.57 Å². The molecule has 0 radical (unpaired) electrons. The molecule has 0 N–H and O–H groups in total. The highest BCUT2D eigenvalue weighted by atomic mass is 16.5. The van der Waals surface area contributed by atoms with Crippen LogP contribution in [0.25, 0.3) is 0 Å². The predicted octanol–water partition coefficient (Wildman–Crippen LogP) is 2.99. The first kappa shape index (κ1) is 14.4. The number of nitrogens with zero attached hydrogens (tertiary/aromatic N) is 1. The van der Waals surface area contributed by atoms with Crippen molar-refractivity contribution >= 4 is 5.97 Å². The van der Waals surface area contributed by atoms with E-state index < -0.39 is 11.4 Å². The van der Waals surface area contributed by atoms with Gasteiger partial charge in [-0.15, -0.1) is 0 Å². The lowest BCUT2D eigenvalue weighted by Crippen LogP contribution is -2.31. The van der Waals surface area contributed by atoms with Gasteiger partial charge in [-0.2, -0.15) is 5.26 Å². The minimum atomic E-state index is -1.23. The predicted molar refractivity (Wildman–Crippen MR) is 63.5 cm³/mol. The average Bonchev–Trinajstić information content (AvgIpc) is 2.14. The van der Waals surface area contributed by atoms with Gasteiger partial charge in [0.1, 0.15) is 0 Å². The maximum atomic E-state index is 11.8. The molecule has 3 heteroatoms. The van der Waals surface area contributed by atoms with Gasteiger partial charge in [-0.25, -0.2) is 4.79 Å².